The van der Waals surface area contributed by atoms with Crippen molar-refractivity contribution in [3.8, 4) is 11.1 Å². The van der Waals surface area contributed by atoms with E-state index < -0.39 is 12.1 Å². The zero-order valence-electron chi connectivity index (χ0n) is 18.3. The van der Waals surface area contributed by atoms with Crippen molar-refractivity contribution in [2.75, 3.05) is 13.1 Å². The van der Waals surface area contributed by atoms with E-state index in [9.17, 15) is 17.6 Å². The maximum absolute atomic E-state index is 13.5. The van der Waals surface area contributed by atoms with E-state index in [2.05, 4.69) is 9.88 Å². The fraction of sp³-hybridized carbons (Fsp3) is 0.304. The van der Waals surface area contributed by atoms with Crippen LogP contribution < -0.4 is 0 Å². The van der Waals surface area contributed by atoms with Crippen molar-refractivity contribution in [1.29, 1.82) is 0 Å². The number of fused-ring (bicyclic) bond motifs is 1. The average Bonchev–Trinajstić information content (AvgIpc) is 3.48. The Hall–Kier alpha value is -3.38. The molecule has 0 saturated carbocycles. The SMILES string of the molecule is Fc1cccc(-c2ccc3nc(C4CCN(Cc5nccs5)CC4)nn3c2)c1.O=C(O)C(F)(F)F. The number of hydrogen-bond donors (Lipinski definition) is 1. The smallest absolute Gasteiger partial charge is 0.475 e. The molecule has 1 fully saturated rings. The number of pyridine rings is 1. The first-order valence-corrected chi connectivity index (χ1v) is 11.6. The molecule has 0 spiro atoms. The molecule has 4 heterocycles. The molecular weight excluding hydrogens is 486 g/mol. The third kappa shape index (κ3) is 6.40. The summed E-state index contributed by atoms with van der Waals surface area (Å²) in [7, 11) is 0. The third-order valence-corrected chi connectivity index (χ3v) is 6.31. The van der Waals surface area contributed by atoms with Crippen molar-refractivity contribution in [2.45, 2.75) is 31.5 Å². The van der Waals surface area contributed by atoms with Crippen LogP contribution in [0.15, 0.2) is 54.2 Å². The summed E-state index contributed by atoms with van der Waals surface area (Å²) in [5.74, 6) is -1.70. The van der Waals surface area contributed by atoms with Gasteiger partial charge in [0.15, 0.2) is 11.5 Å². The van der Waals surface area contributed by atoms with Crippen LogP contribution in [0.1, 0.15) is 29.6 Å². The molecule has 1 saturated heterocycles. The summed E-state index contributed by atoms with van der Waals surface area (Å²) >= 11 is 1.71. The highest BCUT2D eigenvalue weighted by Crippen LogP contribution is 2.28. The average molecular weight is 508 g/mol. The minimum absolute atomic E-state index is 0.235. The molecule has 0 unspecified atom stereocenters. The largest absolute Gasteiger partial charge is 0.490 e. The van der Waals surface area contributed by atoms with E-state index in [0.717, 1.165) is 55.1 Å². The number of rotatable bonds is 4. The molecule has 0 aliphatic carbocycles. The zero-order valence-corrected chi connectivity index (χ0v) is 19.1. The predicted molar refractivity (Wildman–Crippen MR) is 121 cm³/mol. The van der Waals surface area contributed by atoms with Gasteiger partial charge >= 0.3 is 12.1 Å². The number of nitrogens with zero attached hydrogens (tertiary/aromatic N) is 5. The lowest BCUT2D eigenvalue weighted by atomic mass is 9.96. The highest BCUT2D eigenvalue weighted by molar-refractivity contribution is 7.09. The number of benzene rings is 1. The van der Waals surface area contributed by atoms with E-state index >= 15 is 0 Å². The minimum Gasteiger partial charge on any atom is -0.475 e. The maximum atomic E-state index is 13.5. The number of likely N-dealkylation sites (tertiary alicyclic amines) is 1. The second-order valence-corrected chi connectivity index (χ2v) is 8.96. The molecule has 1 aliphatic rings. The van der Waals surface area contributed by atoms with E-state index in [4.69, 9.17) is 20.0 Å². The normalized spacial score (nSPS) is 15.1. The molecule has 0 radical (unpaired) electrons. The highest BCUT2D eigenvalue weighted by atomic mass is 32.1. The van der Waals surface area contributed by atoms with Gasteiger partial charge in [0.1, 0.15) is 10.8 Å². The molecule has 0 bridgehead atoms. The topological polar surface area (TPSA) is 83.6 Å². The monoisotopic (exact) mass is 507 g/mol. The fourth-order valence-corrected chi connectivity index (χ4v) is 4.44. The minimum atomic E-state index is -5.08. The van der Waals surface area contributed by atoms with Crippen molar-refractivity contribution < 1.29 is 27.5 Å². The van der Waals surface area contributed by atoms with Gasteiger partial charge in [-0.1, -0.05) is 12.1 Å². The van der Waals surface area contributed by atoms with Crippen LogP contribution in [0.5, 0.6) is 0 Å². The second kappa shape index (κ2) is 10.5. The van der Waals surface area contributed by atoms with Gasteiger partial charge in [0.05, 0.1) is 6.54 Å². The lowest BCUT2D eigenvalue weighted by molar-refractivity contribution is -0.192. The van der Waals surface area contributed by atoms with Gasteiger partial charge in [0.25, 0.3) is 0 Å². The van der Waals surface area contributed by atoms with Crippen LogP contribution >= 0.6 is 11.3 Å². The van der Waals surface area contributed by atoms with Gasteiger partial charge in [0.2, 0.25) is 0 Å². The summed E-state index contributed by atoms with van der Waals surface area (Å²) in [5.41, 5.74) is 2.61. The van der Waals surface area contributed by atoms with Gasteiger partial charge in [-0.15, -0.1) is 11.3 Å². The summed E-state index contributed by atoms with van der Waals surface area (Å²) in [6.45, 7) is 3.00. The van der Waals surface area contributed by atoms with Crippen LogP contribution in [-0.2, 0) is 11.3 Å². The van der Waals surface area contributed by atoms with Crippen molar-refractivity contribution in [2.24, 2.45) is 0 Å². The number of carboxylic acids is 1. The molecule has 0 atom stereocenters. The molecule has 1 N–H and O–H groups in total. The summed E-state index contributed by atoms with van der Waals surface area (Å²) in [5, 5.41) is 15.1. The standard InChI is InChI=1S/C21H20FN5S.C2HF3O2/c22-18-3-1-2-16(12-18)17-4-5-19-24-21(25-27(19)13-17)15-6-9-26(10-7-15)14-20-23-8-11-28-20;3-2(4,5)1(6)7/h1-5,8,11-13,15H,6-7,9-10,14H2;(H,6,7). The Morgan fingerprint density at radius 2 is 1.89 bits per heavy atom. The lowest BCUT2D eigenvalue weighted by Crippen LogP contribution is -2.32. The first-order chi connectivity index (χ1) is 16.7. The maximum Gasteiger partial charge on any atom is 0.490 e. The number of alkyl halides is 3. The van der Waals surface area contributed by atoms with E-state index in [0.29, 0.717) is 5.92 Å². The van der Waals surface area contributed by atoms with Crippen LogP contribution in [0.25, 0.3) is 16.8 Å². The van der Waals surface area contributed by atoms with Crippen molar-refractivity contribution >= 4 is 23.0 Å². The second-order valence-electron chi connectivity index (χ2n) is 7.98. The Morgan fingerprint density at radius 1 is 1.14 bits per heavy atom. The number of carbonyl (C=O) groups is 1. The van der Waals surface area contributed by atoms with Gasteiger partial charge in [-0.25, -0.2) is 23.7 Å². The van der Waals surface area contributed by atoms with Crippen LogP contribution in [-0.4, -0.2) is 54.8 Å². The molecule has 7 nitrogen and oxygen atoms in total. The molecule has 4 aromatic rings. The van der Waals surface area contributed by atoms with Gasteiger partial charge in [-0.05, 0) is 55.8 Å². The molecular formula is C23H21F4N5O2S. The number of aliphatic carboxylic acids is 1. The highest BCUT2D eigenvalue weighted by Gasteiger charge is 2.38. The van der Waals surface area contributed by atoms with E-state index in [-0.39, 0.29) is 5.82 Å². The number of piperidine rings is 1. The molecule has 184 valence electrons. The summed E-state index contributed by atoms with van der Waals surface area (Å²) in [4.78, 5) is 20.5. The van der Waals surface area contributed by atoms with Crippen LogP contribution in [0, 0.1) is 5.82 Å². The predicted octanol–water partition coefficient (Wildman–Crippen LogP) is 5.00. The Balaban J connectivity index is 0.000000364. The first kappa shape index (κ1) is 24.7. The molecule has 5 rings (SSSR count). The zero-order chi connectivity index (χ0) is 25.0. The lowest BCUT2D eigenvalue weighted by Gasteiger charge is -2.29. The summed E-state index contributed by atoms with van der Waals surface area (Å²) in [6.07, 6.45) is 0.821. The van der Waals surface area contributed by atoms with Gasteiger partial charge in [0, 0.05) is 29.3 Å². The quantitative estimate of drug-likeness (QED) is 0.391. The molecule has 1 aliphatic heterocycles. The summed E-state index contributed by atoms with van der Waals surface area (Å²) < 4.78 is 47.1. The van der Waals surface area contributed by atoms with Crippen LogP contribution in [0.2, 0.25) is 0 Å². The Morgan fingerprint density at radius 3 is 2.51 bits per heavy atom. The molecule has 12 heteroatoms. The molecule has 1 aromatic carbocycles. The molecule has 3 aromatic heterocycles. The van der Waals surface area contributed by atoms with Crippen molar-refractivity contribution in [3.05, 3.63) is 70.8 Å². The number of thiazole rings is 1. The number of aromatic nitrogens is 4. The van der Waals surface area contributed by atoms with Crippen LogP contribution in [0.3, 0.4) is 0 Å². The van der Waals surface area contributed by atoms with Gasteiger partial charge in [-0.2, -0.15) is 18.3 Å². The number of carboxylic acid groups (broad SMARTS) is 1. The van der Waals surface area contributed by atoms with E-state index in [1.807, 2.05) is 40.5 Å². The Kier molecular flexibility index (Phi) is 7.41. The van der Waals surface area contributed by atoms with Crippen molar-refractivity contribution in [1.82, 2.24) is 24.5 Å². The van der Waals surface area contributed by atoms with Gasteiger partial charge in [-0.3, -0.25) is 4.90 Å². The number of halogens is 4. The molecule has 0 amide bonds. The van der Waals surface area contributed by atoms with E-state index in [1.54, 1.807) is 17.4 Å². The first-order valence-electron chi connectivity index (χ1n) is 10.7. The fourth-order valence-electron chi connectivity index (χ4n) is 3.78. The Bertz CT molecular complexity index is 1280. The summed E-state index contributed by atoms with van der Waals surface area (Å²) in [6, 6.07) is 10.5. The third-order valence-electron chi connectivity index (χ3n) is 5.54. The van der Waals surface area contributed by atoms with Crippen LogP contribution in [0.4, 0.5) is 17.6 Å². The Labute approximate surface area is 201 Å². The number of hydrogen-bond acceptors (Lipinski definition) is 6. The molecule has 35 heavy (non-hydrogen) atoms. The van der Waals surface area contributed by atoms with E-state index in [1.165, 1.54) is 17.1 Å². The van der Waals surface area contributed by atoms with Gasteiger partial charge < -0.3 is 5.11 Å². The van der Waals surface area contributed by atoms with Crippen molar-refractivity contribution in [3.63, 3.8) is 0 Å².